The van der Waals surface area contributed by atoms with Crippen molar-refractivity contribution in [3.8, 4) is 0 Å². The molecular weight excluding hydrogens is 124 g/mol. The number of allylic oxidation sites excluding steroid dienone is 1. The van der Waals surface area contributed by atoms with E-state index < -0.39 is 0 Å². The summed E-state index contributed by atoms with van der Waals surface area (Å²) in [5.74, 6) is 0. The maximum absolute atomic E-state index is 4.27. The molecule has 10 heavy (non-hydrogen) atoms. The van der Waals surface area contributed by atoms with Crippen molar-refractivity contribution in [3.63, 3.8) is 0 Å². The Morgan fingerprint density at radius 2 is 2.50 bits per heavy atom. The summed E-state index contributed by atoms with van der Waals surface area (Å²) in [5, 5.41) is 0. The predicted molar refractivity (Wildman–Crippen MR) is 40.6 cm³/mol. The third-order valence-corrected chi connectivity index (χ3v) is 1.89. The summed E-state index contributed by atoms with van der Waals surface area (Å²) in [6, 6.07) is 0. The molecule has 1 aromatic heterocycles. The van der Waals surface area contributed by atoms with Gasteiger partial charge in [-0.15, -0.1) is 0 Å². The summed E-state index contributed by atoms with van der Waals surface area (Å²) in [4.78, 5) is 4.27. The lowest BCUT2D eigenvalue weighted by Gasteiger charge is -2.03. The molecule has 0 bridgehead atoms. The highest BCUT2D eigenvalue weighted by Gasteiger charge is 2.07. The minimum Gasteiger partial charge on any atom is -0.334 e. The molecular formula is C8H10N2. The molecule has 0 aliphatic heterocycles. The van der Waals surface area contributed by atoms with Crippen LogP contribution in [-0.2, 0) is 13.5 Å². The lowest BCUT2D eigenvalue weighted by atomic mass is 10.1. The molecule has 2 nitrogen and oxygen atoms in total. The molecule has 0 radical (unpaired) electrons. The number of fused-ring (bicyclic) bond motifs is 1. The zero-order chi connectivity index (χ0) is 6.97. The van der Waals surface area contributed by atoms with E-state index in [1.807, 2.05) is 13.4 Å². The van der Waals surface area contributed by atoms with E-state index in [1.54, 1.807) is 0 Å². The van der Waals surface area contributed by atoms with E-state index in [-0.39, 0.29) is 0 Å². The largest absolute Gasteiger partial charge is 0.334 e. The Morgan fingerprint density at radius 3 is 3.30 bits per heavy atom. The maximum Gasteiger partial charge on any atom is 0.0951 e. The van der Waals surface area contributed by atoms with Crippen LogP contribution in [0.2, 0.25) is 0 Å². The number of aryl methyl sites for hydroxylation is 2. The Labute approximate surface area is 60.2 Å². The molecule has 0 atom stereocenters. The van der Waals surface area contributed by atoms with Gasteiger partial charge in [0.1, 0.15) is 0 Å². The van der Waals surface area contributed by atoms with Crippen LogP contribution in [0.4, 0.5) is 0 Å². The van der Waals surface area contributed by atoms with Gasteiger partial charge in [0.15, 0.2) is 0 Å². The number of nitrogens with zero attached hydrogens (tertiary/aromatic N) is 2. The lowest BCUT2D eigenvalue weighted by molar-refractivity contribution is 0.885. The SMILES string of the molecule is Cn1cnc2c1C=CCC2. The van der Waals surface area contributed by atoms with Crippen LogP contribution in [0.3, 0.4) is 0 Å². The van der Waals surface area contributed by atoms with Gasteiger partial charge in [-0.2, -0.15) is 0 Å². The van der Waals surface area contributed by atoms with Crippen molar-refractivity contribution in [1.29, 1.82) is 0 Å². The molecule has 1 heterocycles. The summed E-state index contributed by atoms with van der Waals surface area (Å²) in [6.07, 6.45) is 8.47. The summed E-state index contributed by atoms with van der Waals surface area (Å²) in [5.41, 5.74) is 2.51. The van der Waals surface area contributed by atoms with E-state index >= 15 is 0 Å². The molecule has 0 fully saturated rings. The molecule has 1 aliphatic carbocycles. The fraction of sp³-hybridized carbons (Fsp3) is 0.375. The maximum atomic E-state index is 4.27. The van der Waals surface area contributed by atoms with Crippen molar-refractivity contribution in [2.45, 2.75) is 12.8 Å². The van der Waals surface area contributed by atoms with Gasteiger partial charge < -0.3 is 4.57 Å². The first kappa shape index (κ1) is 5.71. The van der Waals surface area contributed by atoms with E-state index in [0.29, 0.717) is 0 Å². The Kier molecular flexibility index (Phi) is 1.13. The van der Waals surface area contributed by atoms with E-state index in [4.69, 9.17) is 0 Å². The highest BCUT2D eigenvalue weighted by molar-refractivity contribution is 5.50. The average Bonchev–Trinajstić information content (AvgIpc) is 2.34. The Hall–Kier alpha value is -1.05. The smallest absolute Gasteiger partial charge is 0.0951 e. The van der Waals surface area contributed by atoms with Crippen molar-refractivity contribution < 1.29 is 0 Å². The minimum absolute atomic E-state index is 1.10. The summed E-state index contributed by atoms with van der Waals surface area (Å²) >= 11 is 0. The van der Waals surface area contributed by atoms with Crippen LogP contribution in [0.25, 0.3) is 6.08 Å². The highest BCUT2D eigenvalue weighted by Crippen LogP contribution is 2.15. The van der Waals surface area contributed by atoms with Gasteiger partial charge in [-0.1, -0.05) is 6.08 Å². The van der Waals surface area contributed by atoms with E-state index in [2.05, 4.69) is 21.7 Å². The standard InChI is InChI=1S/C8H10N2/c1-10-6-9-7-4-2-3-5-8(7)10/h3,5-6H,2,4H2,1H3. The van der Waals surface area contributed by atoms with Gasteiger partial charge in [-0.3, -0.25) is 0 Å². The number of imidazole rings is 1. The first-order valence-electron chi connectivity index (χ1n) is 3.54. The number of aromatic nitrogens is 2. The van der Waals surface area contributed by atoms with Gasteiger partial charge in [0.2, 0.25) is 0 Å². The Bertz CT molecular complexity index is 271. The zero-order valence-corrected chi connectivity index (χ0v) is 6.04. The molecule has 0 saturated heterocycles. The van der Waals surface area contributed by atoms with Gasteiger partial charge in [0.25, 0.3) is 0 Å². The lowest BCUT2D eigenvalue weighted by Crippen LogP contribution is -1.96. The van der Waals surface area contributed by atoms with Crippen LogP contribution < -0.4 is 0 Å². The summed E-state index contributed by atoms with van der Waals surface area (Å²) in [6.45, 7) is 0. The van der Waals surface area contributed by atoms with Crippen molar-refractivity contribution >= 4 is 6.08 Å². The van der Waals surface area contributed by atoms with Crippen LogP contribution in [0.15, 0.2) is 12.4 Å². The molecule has 0 N–H and O–H groups in total. The highest BCUT2D eigenvalue weighted by atomic mass is 15.0. The monoisotopic (exact) mass is 134 g/mol. The van der Waals surface area contributed by atoms with E-state index in [0.717, 1.165) is 12.8 Å². The summed E-state index contributed by atoms with van der Waals surface area (Å²) in [7, 11) is 2.03. The van der Waals surface area contributed by atoms with Gasteiger partial charge in [0, 0.05) is 7.05 Å². The average molecular weight is 134 g/mol. The van der Waals surface area contributed by atoms with Crippen LogP contribution >= 0.6 is 0 Å². The number of hydrogen-bond donors (Lipinski definition) is 0. The molecule has 0 aromatic carbocycles. The Balaban J connectivity index is 2.57. The topological polar surface area (TPSA) is 17.8 Å². The fourth-order valence-electron chi connectivity index (χ4n) is 1.31. The van der Waals surface area contributed by atoms with Gasteiger partial charge >= 0.3 is 0 Å². The Morgan fingerprint density at radius 1 is 1.60 bits per heavy atom. The number of rotatable bonds is 0. The van der Waals surface area contributed by atoms with Crippen molar-refractivity contribution in [3.05, 3.63) is 23.8 Å². The van der Waals surface area contributed by atoms with Crippen molar-refractivity contribution in [1.82, 2.24) is 9.55 Å². The first-order chi connectivity index (χ1) is 4.88. The third kappa shape index (κ3) is 0.685. The molecule has 1 aliphatic rings. The molecule has 0 unspecified atom stereocenters. The number of hydrogen-bond acceptors (Lipinski definition) is 1. The molecule has 1 aromatic rings. The second kappa shape index (κ2) is 1.97. The fourth-order valence-corrected chi connectivity index (χ4v) is 1.31. The first-order valence-corrected chi connectivity index (χ1v) is 3.54. The van der Waals surface area contributed by atoms with Crippen molar-refractivity contribution in [2.75, 3.05) is 0 Å². The third-order valence-electron chi connectivity index (χ3n) is 1.89. The molecule has 0 saturated carbocycles. The van der Waals surface area contributed by atoms with Crippen LogP contribution in [0.1, 0.15) is 17.8 Å². The second-order valence-electron chi connectivity index (χ2n) is 2.63. The van der Waals surface area contributed by atoms with Crippen LogP contribution in [0, 0.1) is 0 Å². The molecule has 0 amide bonds. The van der Waals surface area contributed by atoms with E-state index in [9.17, 15) is 0 Å². The van der Waals surface area contributed by atoms with E-state index in [1.165, 1.54) is 11.4 Å². The van der Waals surface area contributed by atoms with Gasteiger partial charge in [-0.05, 0) is 18.9 Å². The van der Waals surface area contributed by atoms with Crippen molar-refractivity contribution in [2.24, 2.45) is 7.05 Å². The molecule has 52 valence electrons. The summed E-state index contributed by atoms with van der Waals surface area (Å²) < 4.78 is 2.06. The normalized spacial score (nSPS) is 15.3. The zero-order valence-electron chi connectivity index (χ0n) is 6.04. The van der Waals surface area contributed by atoms with Crippen LogP contribution in [0.5, 0.6) is 0 Å². The van der Waals surface area contributed by atoms with Gasteiger partial charge in [0.05, 0.1) is 17.7 Å². The predicted octanol–water partition coefficient (Wildman–Crippen LogP) is 1.38. The van der Waals surface area contributed by atoms with Crippen LogP contribution in [-0.4, -0.2) is 9.55 Å². The molecule has 0 spiro atoms. The second-order valence-corrected chi connectivity index (χ2v) is 2.63. The molecule has 2 rings (SSSR count). The quantitative estimate of drug-likeness (QED) is 0.524. The minimum atomic E-state index is 1.10. The molecule has 2 heteroatoms. The van der Waals surface area contributed by atoms with Gasteiger partial charge in [-0.25, -0.2) is 4.98 Å².